The molecule has 5 N–H and O–H groups in total. The van der Waals surface area contributed by atoms with Gasteiger partial charge in [-0.1, -0.05) is 81.5 Å². The van der Waals surface area contributed by atoms with Gasteiger partial charge in [-0.05, 0) is 71.5 Å². The Morgan fingerprint density at radius 1 is 0.949 bits per heavy atom. The van der Waals surface area contributed by atoms with Crippen LogP contribution in [0.2, 0.25) is 0 Å². The molecule has 418 valence electrons. The van der Waals surface area contributed by atoms with Gasteiger partial charge in [0.25, 0.3) is 11.8 Å². The molecule has 3 saturated heterocycles. The van der Waals surface area contributed by atoms with Crippen LogP contribution in [0.3, 0.4) is 0 Å². The molecule has 8 rings (SSSR count). The van der Waals surface area contributed by atoms with E-state index in [1.54, 1.807) is 37.8 Å². The highest BCUT2D eigenvalue weighted by Crippen LogP contribution is 2.59. The maximum atomic E-state index is 14.8. The Hall–Kier alpha value is -6.61. The summed E-state index contributed by atoms with van der Waals surface area (Å²) in [4.78, 5) is 113. The first-order valence-corrected chi connectivity index (χ1v) is 27.3. The van der Waals surface area contributed by atoms with Gasteiger partial charge in [0.1, 0.15) is 24.2 Å². The lowest BCUT2D eigenvalue weighted by Crippen LogP contribution is -2.58. The molecular weight excluding hydrogens is 1070 g/mol. The zero-order valence-corrected chi connectivity index (χ0v) is 44.2. The molecule has 78 heavy (non-hydrogen) atoms. The van der Waals surface area contributed by atoms with E-state index in [4.69, 9.17) is 19.4 Å². The van der Waals surface area contributed by atoms with E-state index in [1.165, 1.54) is 21.9 Å². The third-order valence-electron chi connectivity index (χ3n) is 13.6. The van der Waals surface area contributed by atoms with E-state index in [-0.39, 0.29) is 73.0 Å². The number of carbonyl (C=O) groups excluding carboxylic acids is 6. The number of thiophene rings is 1. The van der Waals surface area contributed by atoms with Gasteiger partial charge in [0, 0.05) is 66.9 Å². The van der Waals surface area contributed by atoms with Gasteiger partial charge in [-0.25, -0.2) is 4.79 Å². The van der Waals surface area contributed by atoms with Crippen molar-refractivity contribution in [3.8, 4) is 11.8 Å². The van der Waals surface area contributed by atoms with Crippen LogP contribution in [0, 0.1) is 17.3 Å². The Balaban J connectivity index is 0.00000118. The average Bonchev–Trinajstić information content (AvgIpc) is 4.14. The summed E-state index contributed by atoms with van der Waals surface area (Å²) < 4.78 is 85.3. The summed E-state index contributed by atoms with van der Waals surface area (Å²) in [5, 5.41) is 12.5. The van der Waals surface area contributed by atoms with Crippen LogP contribution in [-0.2, 0) is 50.2 Å². The van der Waals surface area contributed by atoms with Crippen molar-refractivity contribution in [2.45, 2.75) is 114 Å². The van der Waals surface area contributed by atoms with Gasteiger partial charge in [0.2, 0.25) is 23.6 Å². The SMILES string of the molecule is CC(C)(C)[C@H](NC(=O)c1cc2cc(C(F)(F)P(=O)(O)O)ccc2s1)C(=O)N1C[C@@H](OCCCCCC#Cc2cccc3c2CN(C2CCC(=O)NC2=O)C3=O)C[C@H]1C(=O)N1CCO[C@H](c2ccccc2)C1.O=C(O)C(F)(F)F. The first kappa shape index (κ1) is 59.1. The number of halogens is 5. The second kappa shape index (κ2) is 24.2. The number of carboxylic acid groups (broad SMARTS) is 1. The molecule has 25 heteroatoms. The summed E-state index contributed by atoms with van der Waals surface area (Å²) in [5.74, 6) is 1.15. The van der Waals surface area contributed by atoms with Crippen molar-refractivity contribution in [3.05, 3.63) is 105 Å². The molecule has 0 saturated carbocycles. The van der Waals surface area contributed by atoms with Gasteiger partial charge in [-0.2, -0.15) is 22.0 Å². The van der Waals surface area contributed by atoms with Crippen molar-refractivity contribution in [3.63, 3.8) is 0 Å². The van der Waals surface area contributed by atoms with Crippen molar-refractivity contribution in [2.75, 3.05) is 32.8 Å². The van der Waals surface area contributed by atoms with Crippen LogP contribution in [0.25, 0.3) is 10.1 Å². The zero-order valence-electron chi connectivity index (χ0n) is 42.5. The van der Waals surface area contributed by atoms with Gasteiger partial charge >= 0.3 is 25.4 Å². The van der Waals surface area contributed by atoms with Gasteiger partial charge in [0.15, 0.2) is 0 Å². The summed E-state index contributed by atoms with van der Waals surface area (Å²) in [6, 6.07) is 16.5. The molecule has 0 aliphatic carbocycles. The number of morpholine rings is 1. The van der Waals surface area contributed by atoms with E-state index < -0.39 is 78.3 Å². The molecule has 4 aromatic rings. The molecule has 1 unspecified atom stereocenters. The Bertz CT molecular complexity index is 3060. The summed E-state index contributed by atoms with van der Waals surface area (Å²) in [6.07, 6.45) is -2.49. The topological polar surface area (TPSA) is 249 Å². The fourth-order valence-corrected chi connectivity index (χ4v) is 10.9. The smallest absolute Gasteiger partial charge is 0.475 e. The number of alkyl halides is 5. The van der Waals surface area contributed by atoms with Crippen molar-refractivity contribution in [1.29, 1.82) is 0 Å². The lowest BCUT2D eigenvalue weighted by Gasteiger charge is -2.38. The number of imide groups is 1. The molecule has 0 bridgehead atoms. The van der Waals surface area contributed by atoms with Gasteiger partial charge in [0.05, 0.1) is 24.1 Å². The molecule has 6 amide bonds. The highest BCUT2D eigenvalue weighted by molar-refractivity contribution is 7.52. The quantitative estimate of drug-likeness (QED) is 0.0285. The Labute approximate surface area is 448 Å². The van der Waals surface area contributed by atoms with E-state index in [1.807, 2.05) is 36.4 Å². The van der Waals surface area contributed by atoms with Crippen molar-refractivity contribution in [2.24, 2.45) is 5.41 Å². The number of amides is 6. The van der Waals surface area contributed by atoms with E-state index in [0.717, 1.165) is 47.4 Å². The normalized spacial score (nSPS) is 20.3. The summed E-state index contributed by atoms with van der Waals surface area (Å²) in [5.41, 5.74) is -3.32. The molecule has 4 aliphatic heterocycles. The van der Waals surface area contributed by atoms with E-state index in [9.17, 15) is 65.1 Å². The number of likely N-dealkylation sites (tertiary alicyclic amines) is 1. The van der Waals surface area contributed by atoms with Crippen LogP contribution in [0.4, 0.5) is 22.0 Å². The van der Waals surface area contributed by atoms with Crippen LogP contribution < -0.4 is 10.6 Å². The van der Waals surface area contributed by atoms with Crippen LogP contribution >= 0.6 is 18.9 Å². The molecule has 4 aliphatic rings. The number of carbonyl (C=O) groups is 7. The zero-order chi connectivity index (χ0) is 56.9. The molecule has 5 atom stereocenters. The highest BCUT2D eigenvalue weighted by Gasteiger charge is 2.51. The maximum Gasteiger partial charge on any atom is 0.490 e. The number of rotatable bonds is 14. The van der Waals surface area contributed by atoms with Gasteiger partial charge < -0.3 is 44.4 Å². The predicted octanol–water partition coefficient (Wildman–Crippen LogP) is 6.87. The van der Waals surface area contributed by atoms with Gasteiger partial charge in [-0.3, -0.25) is 38.6 Å². The number of unbranched alkanes of at least 4 members (excludes halogenated alkanes) is 3. The van der Waals surface area contributed by atoms with E-state index in [0.29, 0.717) is 48.4 Å². The Morgan fingerprint density at radius 2 is 1.67 bits per heavy atom. The minimum absolute atomic E-state index is 0.0821. The monoisotopic (exact) mass is 1130 g/mol. The number of aliphatic carboxylic acids is 1. The molecule has 0 radical (unpaired) electrons. The van der Waals surface area contributed by atoms with Crippen molar-refractivity contribution in [1.82, 2.24) is 25.3 Å². The molecule has 5 heterocycles. The molecule has 3 fully saturated rings. The number of carboxylic acids is 1. The minimum Gasteiger partial charge on any atom is -0.475 e. The number of hydrogen-bond donors (Lipinski definition) is 5. The molecular formula is C53H57F5N5O13PS. The molecule has 1 aromatic heterocycles. The largest absolute Gasteiger partial charge is 0.490 e. The van der Waals surface area contributed by atoms with Crippen LogP contribution in [-0.4, -0.2) is 134 Å². The van der Waals surface area contributed by atoms with Gasteiger partial charge in [-0.15, -0.1) is 11.3 Å². The standard InChI is InChI=1S/C51H56F2N5O11PS.C2HF3O2/c1-50(2,3)44(55-46(61)42-26-33-25-34(18-20-41(33)71-42)51(52,53)70(65,66)67)49(64)57-28-35(27-39(57)48(63)56-22-24-69-40(30-56)32-14-9-7-10-15-32)68-23-11-6-4-5-8-13-31-16-12-17-36-37(31)29-58(47(36)62)38-19-21-43(59)54-45(38)60;3-2(4,5)1(6)7/h7,9-10,12,14-18,20,25-26,35,38-40,44H,4-6,11,19,21-24,27-30H2,1-3H3,(H,55,61)(H,54,59,60)(H2,65,66,67);(H,6,7)/t35-,38?,39-,40-,44+;/m0./s1. The van der Waals surface area contributed by atoms with E-state index in [2.05, 4.69) is 22.5 Å². The number of nitrogens with zero attached hydrogens (tertiary/aromatic N) is 3. The first-order chi connectivity index (χ1) is 36.6. The van der Waals surface area contributed by atoms with Crippen LogP contribution in [0.1, 0.15) is 114 Å². The molecule has 18 nitrogen and oxygen atoms in total. The van der Waals surface area contributed by atoms with Crippen molar-refractivity contribution < 1.29 is 84.4 Å². The Morgan fingerprint density at radius 3 is 2.33 bits per heavy atom. The fourth-order valence-electron chi connectivity index (χ4n) is 9.46. The number of nitrogens with one attached hydrogen (secondary N) is 2. The first-order valence-electron chi connectivity index (χ1n) is 24.9. The summed E-state index contributed by atoms with van der Waals surface area (Å²) >= 11 is 0.969. The fraction of sp³-hybridized carbons (Fsp3) is 0.453. The third kappa shape index (κ3) is 13.8. The lowest BCUT2D eigenvalue weighted by atomic mass is 9.85. The molecule has 3 aromatic carbocycles. The lowest BCUT2D eigenvalue weighted by molar-refractivity contribution is -0.192. The Kier molecular flexibility index (Phi) is 18.3. The minimum atomic E-state index is -5.84. The molecule has 0 spiro atoms. The van der Waals surface area contributed by atoms with Crippen LogP contribution in [0.15, 0.2) is 72.8 Å². The number of piperidine rings is 1. The highest BCUT2D eigenvalue weighted by atomic mass is 32.1. The summed E-state index contributed by atoms with van der Waals surface area (Å²) in [6.45, 7) is 6.88. The number of fused-ring (bicyclic) bond motifs is 2. The average molecular weight is 1130 g/mol. The predicted molar refractivity (Wildman–Crippen MR) is 272 cm³/mol. The summed E-state index contributed by atoms with van der Waals surface area (Å²) in [7, 11) is -5.84. The number of ether oxygens (including phenoxy) is 2. The number of hydrogen-bond acceptors (Lipinski definition) is 11. The third-order valence-corrected chi connectivity index (χ3v) is 15.7. The number of benzene rings is 3. The second-order valence-corrected chi connectivity index (χ2v) is 22.9. The maximum absolute atomic E-state index is 14.8. The van der Waals surface area contributed by atoms with Crippen molar-refractivity contribution >= 4 is 70.4 Å². The second-order valence-electron chi connectivity index (χ2n) is 20.2. The van der Waals surface area contributed by atoms with Crippen LogP contribution in [0.5, 0.6) is 0 Å². The van der Waals surface area contributed by atoms with E-state index >= 15 is 0 Å².